The lowest BCUT2D eigenvalue weighted by Crippen LogP contribution is -2.21. The number of nitrogens with one attached hydrogen (secondary N) is 1. The van der Waals surface area contributed by atoms with Gasteiger partial charge in [-0.1, -0.05) is 6.92 Å². The number of carbonyl (C=O) groups is 1. The highest BCUT2D eigenvalue weighted by molar-refractivity contribution is 5.85. The highest BCUT2D eigenvalue weighted by Crippen LogP contribution is 1.69. The lowest BCUT2D eigenvalue weighted by atomic mass is 10.4. The van der Waals surface area contributed by atoms with Crippen LogP contribution in [0.4, 0.5) is 0 Å². The molecule has 0 aromatic carbocycles. The first kappa shape index (κ1) is 11.5. The van der Waals surface area contributed by atoms with Crippen molar-refractivity contribution >= 4 is 18.3 Å². The van der Waals surface area contributed by atoms with Gasteiger partial charge in [0.15, 0.2) is 0 Å². The molecule has 9 heavy (non-hydrogen) atoms. The summed E-state index contributed by atoms with van der Waals surface area (Å²) >= 11 is 0. The highest BCUT2D eigenvalue weighted by Gasteiger charge is 1.89. The summed E-state index contributed by atoms with van der Waals surface area (Å²) in [5.41, 5.74) is 4.85. The minimum Gasteiger partial charge on any atom is -0.370 e. The number of carbonyl (C=O) groups excluding carboxylic acids is 1. The molecule has 0 radical (unpaired) electrons. The van der Waals surface area contributed by atoms with Crippen LogP contribution in [0.25, 0.3) is 0 Å². The number of primary amides is 1. The number of nitrogens with two attached hydrogens (primary N) is 1. The largest absolute Gasteiger partial charge is 0.370 e. The van der Waals surface area contributed by atoms with Gasteiger partial charge in [0.25, 0.3) is 0 Å². The zero-order chi connectivity index (χ0) is 6.41. The van der Waals surface area contributed by atoms with Gasteiger partial charge in [-0.25, -0.2) is 0 Å². The van der Waals surface area contributed by atoms with E-state index in [1.165, 1.54) is 0 Å². The first-order chi connectivity index (χ1) is 3.77. The predicted molar refractivity (Wildman–Crippen MR) is 39.6 cm³/mol. The molecular formula is C5H13ClN2O. The van der Waals surface area contributed by atoms with Crippen molar-refractivity contribution in [2.45, 2.75) is 13.3 Å². The van der Waals surface area contributed by atoms with Gasteiger partial charge in [0.2, 0.25) is 5.91 Å². The number of amides is 1. The summed E-state index contributed by atoms with van der Waals surface area (Å²) in [6.45, 7) is 3.58. The van der Waals surface area contributed by atoms with Gasteiger partial charge in [0.05, 0.1) is 0 Å². The second kappa shape index (κ2) is 7.72. The second-order valence-electron chi connectivity index (χ2n) is 1.57. The molecular weight excluding hydrogens is 140 g/mol. The zero-order valence-corrected chi connectivity index (χ0v) is 6.33. The minimum atomic E-state index is -0.244. The maximum absolute atomic E-state index is 10.1. The van der Waals surface area contributed by atoms with Crippen molar-refractivity contribution in [3.8, 4) is 0 Å². The average molecular weight is 153 g/mol. The van der Waals surface area contributed by atoms with Crippen LogP contribution in [0.2, 0.25) is 0 Å². The van der Waals surface area contributed by atoms with Crippen LogP contribution in [-0.4, -0.2) is 19.0 Å². The van der Waals surface area contributed by atoms with Crippen LogP contribution in [-0.2, 0) is 4.79 Å². The van der Waals surface area contributed by atoms with Crippen LogP contribution in [0.15, 0.2) is 0 Å². The molecule has 56 valence electrons. The van der Waals surface area contributed by atoms with Crippen molar-refractivity contribution in [3.63, 3.8) is 0 Å². The van der Waals surface area contributed by atoms with E-state index in [1.807, 2.05) is 6.92 Å². The summed E-state index contributed by atoms with van der Waals surface area (Å²) < 4.78 is 0. The molecule has 0 aromatic heterocycles. The third kappa shape index (κ3) is 11.3. The lowest BCUT2D eigenvalue weighted by molar-refractivity contribution is -0.117. The number of halogens is 1. The number of rotatable bonds is 4. The minimum absolute atomic E-state index is 0. The monoisotopic (exact) mass is 152 g/mol. The van der Waals surface area contributed by atoms with Crippen molar-refractivity contribution in [1.29, 1.82) is 0 Å². The Morgan fingerprint density at radius 1 is 1.67 bits per heavy atom. The molecule has 0 aromatic rings. The Kier molecular flexibility index (Phi) is 9.87. The van der Waals surface area contributed by atoms with E-state index < -0.39 is 0 Å². The molecule has 0 unspecified atom stereocenters. The van der Waals surface area contributed by atoms with Gasteiger partial charge in [0.1, 0.15) is 0 Å². The maximum Gasteiger partial charge on any atom is 0.218 e. The maximum atomic E-state index is 10.1. The molecule has 0 heterocycles. The molecule has 0 spiro atoms. The van der Waals surface area contributed by atoms with E-state index in [2.05, 4.69) is 5.32 Å². The normalized spacial score (nSPS) is 8.11. The Balaban J connectivity index is 0. The molecule has 0 aliphatic heterocycles. The van der Waals surface area contributed by atoms with Crippen molar-refractivity contribution in [2.75, 3.05) is 13.1 Å². The molecule has 0 aliphatic rings. The van der Waals surface area contributed by atoms with Gasteiger partial charge in [0, 0.05) is 13.0 Å². The topological polar surface area (TPSA) is 55.1 Å². The molecule has 0 atom stereocenters. The molecule has 0 rings (SSSR count). The van der Waals surface area contributed by atoms with E-state index >= 15 is 0 Å². The van der Waals surface area contributed by atoms with Gasteiger partial charge in [-0.05, 0) is 6.54 Å². The van der Waals surface area contributed by atoms with Gasteiger partial charge in [-0.15, -0.1) is 12.4 Å². The Bertz CT molecular complexity index is 77.4. The van der Waals surface area contributed by atoms with Crippen molar-refractivity contribution < 1.29 is 4.79 Å². The fraction of sp³-hybridized carbons (Fsp3) is 0.800. The summed E-state index contributed by atoms with van der Waals surface area (Å²) in [6.07, 6.45) is 0.438. The third-order valence-electron chi connectivity index (χ3n) is 0.798. The quantitative estimate of drug-likeness (QED) is 0.553. The summed E-state index contributed by atoms with van der Waals surface area (Å²) in [5.74, 6) is -0.244. The summed E-state index contributed by atoms with van der Waals surface area (Å²) in [4.78, 5) is 10.1. The van der Waals surface area contributed by atoms with Gasteiger partial charge < -0.3 is 11.1 Å². The van der Waals surface area contributed by atoms with E-state index in [0.717, 1.165) is 6.54 Å². The highest BCUT2D eigenvalue weighted by atomic mass is 35.5. The second-order valence-corrected chi connectivity index (χ2v) is 1.57. The van der Waals surface area contributed by atoms with E-state index in [1.54, 1.807) is 0 Å². The van der Waals surface area contributed by atoms with Crippen LogP contribution in [0.3, 0.4) is 0 Å². The predicted octanol–water partition coefficient (Wildman–Crippen LogP) is -0.107. The average Bonchev–Trinajstić information content (AvgIpc) is 1.66. The van der Waals surface area contributed by atoms with Crippen molar-refractivity contribution in [3.05, 3.63) is 0 Å². The Morgan fingerprint density at radius 2 is 2.22 bits per heavy atom. The smallest absolute Gasteiger partial charge is 0.218 e. The van der Waals surface area contributed by atoms with Crippen LogP contribution in [0.1, 0.15) is 13.3 Å². The first-order valence-corrected chi connectivity index (χ1v) is 2.76. The van der Waals surface area contributed by atoms with Gasteiger partial charge in [-0.2, -0.15) is 0 Å². The Labute approximate surface area is 61.4 Å². The summed E-state index contributed by atoms with van der Waals surface area (Å²) in [7, 11) is 0. The Hall–Kier alpha value is -0.280. The zero-order valence-electron chi connectivity index (χ0n) is 5.52. The molecule has 1 amide bonds. The fourth-order valence-electron chi connectivity index (χ4n) is 0.388. The molecule has 0 aliphatic carbocycles. The number of hydrogen-bond acceptors (Lipinski definition) is 2. The molecule has 0 saturated heterocycles. The van der Waals surface area contributed by atoms with E-state index in [4.69, 9.17) is 5.73 Å². The van der Waals surface area contributed by atoms with Gasteiger partial charge >= 0.3 is 0 Å². The lowest BCUT2D eigenvalue weighted by Gasteiger charge is -1.94. The van der Waals surface area contributed by atoms with Crippen LogP contribution < -0.4 is 11.1 Å². The van der Waals surface area contributed by atoms with E-state index in [0.29, 0.717) is 13.0 Å². The van der Waals surface area contributed by atoms with Crippen LogP contribution in [0.5, 0.6) is 0 Å². The van der Waals surface area contributed by atoms with E-state index in [9.17, 15) is 4.79 Å². The van der Waals surface area contributed by atoms with Crippen LogP contribution >= 0.6 is 12.4 Å². The molecule has 3 nitrogen and oxygen atoms in total. The standard InChI is InChI=1S/C5H12N2O.ClH/c1-2-7-4-3-5(6)8;/h7H,2-4H2,1H3,(H2,6,8);1H. The third-order valence-corrected chi connectivity index (χ3v) is 0.798. The molecule has 3 N–H and O–H groups in total. The molecule has 0 saturated carbocycles. The van der Waals surface area contributed by atoms with Crippen molar-refractivity contribution in [2.24, 2.45) is 5.73 Å². The van der Waals surface area contributed by atoms with Crippen molar-refractivity contribution in [1.82, 2.24) is 5.32 Å². The number of hydrogen-bond donors (Lipinski definition) is 2. The SMILES string of the molecule is CCNCCC(N)=O.Cl. The van der Waals surface area contributed by atoms with E-state index in [-0.39, 0.29) is 18.3 Å². The Morgan fingerprint density at radius 3 is 2.56 bits per heavy atom. The summed E-state index contributed by atoms with van der Waals surface area (Å²) in [6, 6.07) is 0. The van der Waals surface area contributed by atoms with Crippen LogP contribution in [0, 0.1) is 0 Å². The first-order valence-electron chi connectivity index (χ1n) is 2.76. The molecule has 0 fully saturated rings. The molecule has 0 bridgehead atoms. The summed E-state index contributed by atoms with van der Waals surface area (Å²) in [5, 5.41) is 2.98. The molecule has 4 heteroatoms. The van der Waals surface area contributed by atoms with Gasteiger partial charge in [-0.3, -0.25) is 4.79 Å². The fourth-order valence-corrected chi connectivity index (χ4v) is 0.388.